The maximum absolute atomic E-state index is 14.6. The van der Waals surface area contributed by atoms with Crippen molar-refractivity contribution in [3.8, 4) is 11.3 Å². The Balaban J connectivity index is 1.19. The molecule has 7 nitrogen and oxygen atoms in total. The minimum absolute atomic E-state index is 0.0119. The molecule has 37 heavy (non-hydrogen) atoms. The van der Waals surface area contributed by atoms with Crippen molar-refractivity contribution < 1.29 is 27.6 Å². The second kappa shape index (κ2) is 9.79. The number of rotatable bonds is 7. The monoisotopic (exact) mass is 573 g/mol. The molecule has 0 amide bonds. The lowest BCUT2D eigenvalue weighted by molar-refractivity contribution is 0.0145. The van der Waals surface area contributed by atoms with Crippen molar-refractivity contribution in [1.82, 2.24) is 10.1 Å². The number of piperidine rings is 1. The quantitative estimate of drug-likeness (QED) is 0.313. The molecule has 194 valence electrons. The van der Waals surface area contributed by atoms with Crippen LogP contribution < -0.4 is 4.90 Å². The molecule has 1 saturated carbocycles. The van der Waals surface area contributed by atoms with Crippen molar-refractivity contribution in [2.45, 2.75) is 69.2 Å². The zero-order valence-electron chi connectivity index (χ0n) is 20.3. The number of esters is 1. The highest BCUT2D eigenvalue weighted by Gasteiger charge is 2.43. The van der Waals surface area contributed by atoms with Crippen molar-refractivity contribution in [1.29, 1.82) is 0 Å². The molecule has 1 aromatic carbocycles. The summed E-state index contributed by atoms with van der Waals surface area (Å²) in [6, 6.07) is 6.02. The summed E-state index contributed by atoms with van der Waals surface area (Å²) in [5, 5.41) is 4.07. The minimum Gasteiger partial charge on any atom is -0.465 e. The maximum Gasteiger partial charge on any atom is 0.339 e. The van der Waals surface area contributed by atoms with E-state index in [-0.39, 0.29) is 42.0 Å². The van der Waals surface area contributed by atoms with Gasteiger partial charge in [0, 0.05) is 29.8 Å². The molecule has 3 fully saturated rings. The number of hydrogen-bond donors (Lipinski definition) is 0. The number of halogens is 3. The first-order valence-electron chi connectivity index (χ1n) is 12.5. The van der Waals surface area contributed by atoms with E-state index < -0.39 is 17.6 Å². The largest absolute Gasteiger partial charge is 0.465 e. The fraction of sp³-hybridized carbons (Fsp3) is 0.444. The van der Waals surface area contributed by atoms with E-state index in [4.69, 9.17) is 14.0 Å². The number of methoxy groups -OCH3 is 1. The first-order chi connectivity index (χ1) is 17.9. The van der Waals surface area contributed by atoms with Crippen LogP contribution in [0.15, 0.2) is 39.5 Å². The molecule has 10 heteroatoms. The number of carbonyl (C=O) groups excluding carboxylic acids is 1. The van der Waals surface area contributed by atoms with E-state index >= 15 is 0 Å². The molecule has 0 radical (unpaired) electrons. The second-order valence-corrected chi connectivity index (χ2v) is 10.8. The van der Waals surface area contributed by atoms with Crippen molar-refractivity contribution >= 4 is 27.7 Å². The van der Waals surface area contributed by atoms with E-state index in [9.17, 15) is 13.6 Å². The van der Waals surface area contributed by atoms with Gasteiger partial charge in [-0.15, -0.1) is 0 Å². The highest BCUT2D eigenvalue weighted by atomic mass is 79.9. The third-order valence-corrected chi connectivity index (χ3v) is 8.19. The third kappa shape index (κ3) is 4.54. The predicted octanol–water partition coefficient (Wildman–Crippen LogP) is 6.16. The Hall–Kier alpha value is -2.85. The maximum atomic E-state index is 14.6. The lowest BCUT2D eigenvalue weighted by Crippen LogP contribution is -2.46. The molecule has 2 aliphatic heterocycles. The van der Waals surface area contributed by atoms with Gasteiger partial charge < -0.3 is 18.9 Å². The Bertz CT molecular complexity index is 1310. The number of benzene rings is 1. The summed E-state index contributed by atoms with van der Waals surface area (Å²) in [7, 11) is 1.35. The summed E-state index contributed by atoms with van der Waals surface area (Å²) in [4.78, 5) is 18.8. The van der Waals surface area contributed by atoms with Gasteiger partial charge in [-0.1, -0.05) is 11.2 Å². The Morgan fingerprint density at radius 2 is 1.86 bits per heavy atom. The van der Waals surface area contributed by atoms with E-state index in [0.717, 1.165) is 48.8 Å². The summed E-state index contributed by atoms with van der Waals surface area (Å²) in [6.07, 6.45) is 7.12. The SMILES string of the molecule is COC(=O)c1cnc(N2[C@@H]3CC[C@H]2CC(OCc2c(-c4c(F)cccc4F)noc2C2CC2)C3)c(Br)c1. The average Bonchev–Trinajstić information content (AvgIpc) is 3.60. The fourth-order valence-electron chi connectivity index (χ4n) is 5.71. The summed E-state index contributed by atoms with van der Waals surface area (Å²) in [5.74, 6) is -0.0465. The highest BCUT2D eigenvalue weighted by molar-refractivity contribution is 9.10. The van der Waals surface area contributed by atoms with Gasteiger partial charge >= 0.3 is 5.97 Å². The molecule has 0 N–H and O–H groups in total. The normalized spacial score (nSPS) is 22.9. The molecule has 2 saturated heterocycles. The average molecular weight is 574 g/mol. The third-order valence-electron chi connectivity index (χ3n) is 7.61. The lowest BCUT2D eigenvalue weighted by atomic mass is 9.99. The van der Waals surface area contributed by atoms with Gasteiger partial charge in [0.05, 0.1) is 35.4 Å². The van der Waals surface area contributed by atoms with Crippen LogP contribution in [-0.4, -0.2) is 41.4 Å². The van der Waals surface area contributed by atoms with E-state index in [1.807, 2.05) is 0 Å². The number of aromatic nitrogens is 2. The van der Waals surface area contributed by atoms with Crippen molar-refractivity contribution in [2.75, 3.05) is 12.0 Å². The smallest absolute Gasteiger partial charge is 0.339 e. The van der Waals surface area contributed by atoms with Gasteiger partial charge in [-0.2, -0.15) is 0 Å². The van der Waals surface area contributed by atoms with Crippen LogP contribution in [0, 0.1) is 11.6 Å². The molecule has 1 aliphatic carbocycles. The van der Waals surface area contributed by atoms with Crippen molar-refractivity contribution in [3.05, 3.63) is 63.5 Å². The van der Waals surface area contributed by atoms with Crippen LogP contribution in [0.1, 0.15) is 66.1 Å². The van der Waals surface area contributed by atoms with Gasteiger partial charge in [0.25, 0.3) is 0 Å². The van der Waals surface area contributed by atoms with Crippen LogP contribution >= 0.6 is 15.9 Å². The van der Waals surface area contributed by atoms with Crippen LogP contribution in [0.4, 0.5) is 14.6 Å². The molecule has 1 unspecified atom stereocenters. The van der Waals surface area contributed by atoms with E-state index in [1.165, 1.54) is 25.3 Å². The standard InChI is InChI=1S/C27H26BrF2N3O4/c1-35-27(34)15-9-20(28)26(31-12-15)33-16-7-8-17(33)11-18(10-16)36-13-19-24(32-37-25(19)14-5-6-14)23-21(29)3-2-4-22(23)30/h2-4,9,12,14,16-18H,5-8,10-11,13H2,1H3/t16-,17+,18?. The number of ether oxygens (including phenoxy) is 2. The van der Waals surface area contributed by atoms with Gasteiger partial charge in [0.2, 0.25) is 0 Å². The molecular formula is C27H26BrF2N3O4. The van der Waals surface area contributed by atoms with Crippen LogP contribution in [0.5, 0.6) is 0 Å². The second-order valence-electron chi connectivity index (χ2n) is 9.96. The first kappa shape index (κ1) is 24.5. The van der Waals surface area contributed by atoms with Crippen LogP contribution in [0.3, 0.4) is 0 Å². The molecule has 4 heterocycles. The summed E-state index contributed by atoms with van der Waals surface area (Å²) >= 11 is 3.58. The summed E-state index contributed by atoms with van der Waals surface area (Å²) < 4.78 is 46.7. The van der Waals surface area contributed by atoms with Crippen LogP contribution in [0.25, 0.3) is 11.3 Å². The Kier molecular flexibility index (Phi) is 6.48. The summed E-state index contributed by atoms with van der Waals surface area (Å²) in [6.45, 7) is 0.193. The molecule has 3 aliphatic rings. The number of pyridine rings is 1. The molecule has 3 atom stereocenters. The zero-order valence-corrected chi connectivity index (χ0v) is 21.8. The van der Waals surface area contributed by atoms with E-state index in [0.29, 0.717) is 16.9 Å². The Labute approximate surface area is 221 Å². The predicted molar refractivity (Wildman–Crippen MR) is 134 cm³/mol. The van der Waals surface area contributed by atoms with E-state index in [1.54, 1.807) is 12.3 Å². The van der Waals surface area contributed by atoms with Gasteiger partial charge in [-0.3, -0.25) is 0 Å². The van der Waals surface area contributed by atoms with Gasteiger partial charge in [0.1, 0.15) is 28.9 Å². The zero-order chi connectivity index (χ0) is 25.7. The van der Waals surface area contributed by atoms with Crippen molar-refractivity contribution in [3.63, 3.8) is 0 Å². The number of fused-ring (bicyclic) bond motifs is 2. The molecule has 2 bridgehead atoms. The Morgan fingerprint density at radius 1 is 1.16 bits per heavy atom. The molecule has 6 rings (SSSR count). The topological polar surface area (TPSA) is 77.7 Å². The lowest BCUT2D eigenvalue weighted by Gasteiger charge is -2.40. The Morgan fingerprint density at radius 3 is 2.49 bits per heavy atom. The minimum atomic E-state index is -0.667. The molecule has 3 aromatic rings. The van der Waals surface area contributed by atoms with Crippen LogP contribution in [0.2, 0.25) is 0 Å². The number of hydrogen-bond acceptors (Lipinski definition) is 7. The molecular weight excluding hydrogens is 548 g/mol. The van der Waals surface area contributed by atoms with Gasteiger partial charge in [0.15, 0.2) is 0 Å². The van der Waals surface area contributed by atoms with E-state index in [2.05, 4.69) is 31.0 Å². The number of anilines is 1. The molecule has 0 spiro atoms. The van der Waals surface area contributed by atoms with Gasteiger partial charge in [-0.05, 0) is 72.7 Å². The highest BCUT2D eigenvalue weighted by Crippen LogP contribution is 2.46. The fourth-order valence-corrected chi connectivity index (χ4v) is 6.26. The first-order valence-corrected chi connectivity index (χ1v) is 13.3. The van der Waals surface area contributed by atoms with Crippen LogP contribution in [-0.2, 0) is 16.1 Å². The van der Waals surface area contributed by atoms with Gasteiger partial charge in [-0.25, -0.2) is 18.6 Å². The number of nitrogens with zero attached hydrogens (tertiary/aromatic N) is 3. The molecule has 2 aromatic heterocycles. The van der Waals surface area contributed by atoms with Crippen molar-refractivity contribution in [2.24, 2.45) is 0 Å². The summed E-state index contributed by atoms with van der Waals surface area (Å²) in [5.41, 5.74) is 1.06. The number of carbonyl (C=O) groups is 1.